The third-order valence-electron chi connectivity index (χ3n) is 4.32. The van der Waals surface area contributed by atoms with Crippen LogP contribution in [0.25, 0.3) is 17.0 Å². The van der Waals surface area contributed by atoms with Gasteiger partial charge in [-0.25, -0.2) is 19.5 Å². The third kappa shape index (κ3) is 3.64. The first-order valence-corrected chi connectivity index (χ1v) is 9.25. The lowest BCUT2D eigenvalue weighted by molar-refractivity contribution is 0.488. The number of nitrogens with one attached hydrogen (secondary N) is 1. The van der Waals surface area contributed by atoms with Gasteiger partial charge in [-0.2, -0.15) is 10.2 Å². The van der Waals surface area contributed by atoms with Gasteiger partial charge in [0.1, 0.15) is 17.3 Å². The van der Waals surface area contributed by atoms with Crippen molar-refractivity contribution in [3.05, 3.63) is 42.5 Å². The smallest absolute Gasteiger partial charge is 0.162 e. The second kappa shape index (κ2) is 7.26. The molecule has 0 fully saturated rings. The largest absolute Gasteiger partial charge is 0.384 e. The summed E-state index contributed by atoms with van der Waals surface area (Å²) in [4.78, 5) is 13.3. The normalized spacial score (nSPS) is 11.4. The average molecular weight is 377 g/mol. The molecular formula is C19H23N9. The van der Waals surface area contributed by atoms with Crippen LogP contribution in [0.3, 0.4) is 0 Å². The van der Waals surface area contributed by atoms with E-state index in [2.05, 4.69) is 44.3 Å². The van der Waals surface area contributed by atoms with Gasteiger partial charge in [0.2, 0.25) is 0 Å². The second-order valence-corrected chi connectivity index (χ2v) is 7.10. The Bertz CT molecular complexity index is 1090. The van der Waals surface area contributed by atoms with Crippen LogP contribution in [0.15, 0.2) is 36.7 Å². The van der Waals surface area contributed by atoms with Gasteiger partial charge >= 0.3 is 0 Å². The van der Waals surface area contributed by atoms with Crippen molar-refractivity contribution in [3.8, 4) is 11.4 Å². The van der Waals surface area contributed by atoms with Gasteiger partial charge in [0, 0.05) is 31.1 Å². The van der Waals surface area contributed by atoms with Crippen LogP contribution >= 0.6 is 0 Å². The maximum Gasteiger partial charge on any atom is 0.162 e. The molecule has 0 bridgehead atoms. The Morgan fingerprint density at radius 1 is 1.18 bits per heavy atom. The van der Waals surface area contributed by atoms with E-state index >= 15 is 0 Å². The molecule has 4 heterocycles. The Morgan fingerprint density at radius 2 is 2.04 bits per heavy atom. The summed E-state index contributed by atoms with van der Waals surface area (Å²) >= 11 is 0. The Balaban J connectivity index is 1.73. The maximum absolute atomic E-state index is 5.94. The third-order valence-corrected chi connectivity index (χ3v) is 4.32. The second-order valence-electron chi connectivity index (χ2n) is 7.10. The maximum atomic E-state index is 5.94. The number of aromatic nitrogens is 7. The van der Waals surface area contributed by atoms with Crippen LogP contribution in [0.1, 0.15) is 26.1 Å². The molecule has 0 spiro atoms. The molecule has 9 nitrogen and oxygen atoms in total. The number of rotatable bonds is 6. The van der Waals surface area contributed by atoms with Crippen molar-refractivity contribution < 1.29 is 0 Å². The zero-order valence-electron chi connectivity index (χ0n) is 16.2. The van der Waals surface area contributed by atoms with Gasteiger partial charge in [-0.3, -0.25) is 4.68 Å². The Kier molecular flexibility index (Phi) is 4.64. The quantitative estimate of drug-likeness (QED) is 0.531. The van der Waals surface area contributed by atoms with Crippen LogP contribution < -0.4 is 11.1 Å². The molecule has 0 atom stereocenters. The topological polar surface area (TPSA) is 112 Å². The fraction of sp³-hybridized carbons (Fsp3) is 0.316. The van der Waals surface area contributed by atoms with Crippen LogP contribution in [0.4, 0.5) is 17.5 Å². The lowest BCUT2D eigenvalue weighted by atomic mass is 10.1. The molecule has 0 aliphatic rings. The zero-order chi connectivity index (χ0) is 19.7. The Hall–Kier alpha value is -3.49. The minimum Gasteiger partial charge on any atom is -0.384 e. The molecular weight excluding hydrogens is 354 g/mol. The van der Waals surface area contributed by atoms with Crippen LogP contribution in [-0.2, 0) is 6.54 Å². The molecule has 3 N–H and O–H groups in total. The van der Waals surface area contributed by atoms with E-state index in [4.69, 9.17) is 5.73 Å². The molecule has 28 heavy (non-hydrogen) atoms. The fourth-order valence-corrected chi connectivity index (χ4v) is 2.98. The summed E-state index contributed by atoms with van der Waals surface area (Å²) in [6.45, 7) is 7.09. The number of fused-ring (bicyclic) bond motifs is 1. The van der Waals surface area contributed by atoms with E-state index in [9.17, 15) is 0 Å². The standard InChI is InChI=1S/C19H23N9/c1-12(2)6-9-27-10-7-16(26-27)24-19-18(14-11-15(20)23-13(3)22-14)28-17(25-19)5-4-8-21-28/h4-5,7-8,10-12H,6,9H2,1-3H3,(H,24,26)(H2,20,22,23). The van der Waals surface area contributed by atoms with Crippen molar-refractivity contribution in [2.45, 2.75) is 33.7 Å². The molecule has 4 aromatic heterocycles. The van der Waals surface area contributed by atoms with Gasteiger partial charge in [0.05, 0.1) is 5.69 Å². The predicted molar refractivity (Wildman–Crippen MR) is 108 cm³/mol. The first-order chi connectivity index (χ1) is 13.5. The van der Waals surface area contributed by atoms with Gasteiger partial charge in [0.15, 0.2) is 17.3 Å². The fourth-order valence-electron chi connectivity index (χ4n) is 2.98. The van der Waals surface area contributed by atoms with Crippen molar-refractivity contribution >= 4 is 23.1 Å². The van der Waals surface area contributed by atoms with Crippen molar-refractivity contribution in [3.63, 3.8) is 0 Å². The van der Waals surface area contributed by atoms with Gasteiger partial charge in [0.25, 0.3) is 0 Å². The van der Waals surface area contributed by atoms with Gasteiger partial charge in [-0.05, 0) is 31.4 Å². The van der Waals surface area contributed by atoms with Crippen LogP contribution in [0.2, 0.25) is 0 Å². The molecule has 0 saturated heterocycles. The molecule has 0 saturated carbocycles. The molecule has 144 valence electrons. The van der Waals surface area contributed by atoms with E-state index in [1.165, 1.54) is 0 Å². The van der Waals surface area contributed by atoms with Gasteiger partial charge in [-0.1, -0.05) is 13.8 Å². The highest BCUT2D eigenvalue weighted by atomic mass is 15.3. The first-order valence-electron chi connectivity index (χ1n) is 9.25. The van der Waals surface area contributed by atoms with Crippen molar-refractivity contribution in [1.82, 2.24) is 34.3 Å². The molecule has 4 aromatic rings. The monoisotopic (exact) mass is 377 g/mol. The summed E-state index contributed by atoms with van der Waals surface area (Å²) in [5.41, 5.74) is 8.00. The SMILES string of the molecule is Cc1nc(N)cc(-c2c(Nc3ccn(CCC(C)C)n3)nc3cccnn23)n1. The minimum atomic E-state index is 0.400. The van der Waals surface area contributed by atoms with Crippen molar-refractivity contribution in [2.75, 3.05) is 11.1 Å². The highest BCUT2D eigenvalue weighted by molar-refractivity contribution is 5.77. The number of nitrogens with zero attached hydrogens (tertiary/aromatic N) is 7. The van der Waals surface area contributed by atoms with Gasteiger partial charge in [-0.15, -0.1) is 0 Å². The van der Waals surface area contributed by atoms with Gasteiger partial charge < -0.3 is 11.1 Å². The summed E-state index contributed by atoms with van der Waals surface area (Å²) in [7, 11) is 0. The number of nitrogen functional groups attached to an aromatic ring is 1. The molecule has 0 amide bonds. The summed E-state index contributed by atoms with van der Waals surface area (Å²) in [6, 6.07) is 7.38. The highest BCUT2D eigenvalue weighted by Gasteiger charge is 2.18. The molecule has 0 aromatic carbocycles. The molecule has 0 unspecified atom stereocenters. The predicted octanol–water partition coefficient (Wildman–Crippen LogP) is 3.06. The van der Waals surface area contributed by atoms with E-state index in [0.29, 0.717) is 46.2 Å². The van der Waals surface area contributed by atoms with E-state index < -0.39 is 0 Å². The molecule has 0 aliphatic heterocycles. The molecule has 0 radical (unpaired) electrons. The minimum absolute atomic E-state index is 0.400. The Labute approximate surface area is 162 Å². The van der Waals surface area contributed by atoms with E-state index in [0.717, 1.165) is 13.0 Å². The number of imidazole rings is 1. The molecule has 4 rings (SSSR count). The zero-order valence-corrected chi connectivity index (χ0v) is 16.2. The van der Waals surface area contributed by atoms with Crippen LogP contribution in [0.5, 0.6) is 0 Å². The summed E-state index contributed by atoms with van der Waals surface area (Å²) in [6.07, 6.45) is 4.75. The number of nitrogens with two attached hydrogens (primary N) is 1. The highest BCUT2D eigenvalue weighted by Crippen LogP contribution is 2.29. The van der Waals surface area contributed by atoms with Crippen LogP contribution in [-0.4, -0.2) is 34.3 Å². The molecule has 0 aliphatic carbocycles. The Morgan fingerprint density at radius 3 is 2.82 bits per heavy atom. The average Bonchev–Trinajstić information content (AvgIpc) is 3.23. The summed E-state index contributed by atoms with van der Waals surface area (Å²) < 4.78 is 3.67. The first kappa shape index (κ1) is 17.9. The van der Waals surface area contributed by atoms with Crippen LogP contribution in [0, 0.1) is 12.8 Å². The lowest BCUT2D eigenvalue weighted by Crippen LogP contribution is -2.04. The van der Waals surface area contributed by atoms with Crippen molar-refractivity contribution in [2.24, 2.45) is 5.92 Å². The van der Waals surface area contributed by atoms with E-state index in [1.807, 2.05) is 29.1 Å². The lowest BCUT2D eigenvalue weighted by Gasteiger charge is -2.07. The number of aryl methyl sites for hydroxylation is 2. The summed E-state index contributed by atoms with van der Waals surface area (Å²) in [5.74, 6) is 2.95. The number of hydrogen-bond acceptors (Lipinski definition) is 7. The van der Waals surface area contributed by atoms with Crippen molar-refractivity contribution in [1.29, 1.82) is 0 Å². The van der Waals surface area contributed by atoms with E-state index in [-0.39, 0.29) is 0 Å². The number of hydrogen-bond donors (Lipinski definition) is 2. The number of anilines is 3. The van der Waals surface area contributed by atoms with E-state index in [1.54, 1.807) is 23.7 Å². The summed E-state index contributed by atoms with van der Waals surface area (Å²) in [5, 5.41) is 12.3. The molecule has 9 heteroatoms.